The molecule has 24 heavy (non-hydrogen) atoms. The average Bonchev–Trinajstić information content (AvgIpc) is 2.52. The van der Waals surface area contributed by atoms with E-state index in [2.05, 4.69) is 4.90 Å². The van der Waals surface area contributed by atoms with Crippen molar-refractivity contribution in [1.82, 2.24) is 0 Å². The smallest absolute Gasteiger partial charge is 0.305 e. The summed E-state index contributed by atoms with van der Waals surface area (Å²) in [7, 11) is 0. The zero-order chi connectivity index (χ0) is 17.1. The van der Waals surface area contributed by atoms with E-state index in [0.29, 0.717) is 16.7 Å². The lowest BCUT2D eigenvalue weighted by molar-refractivity contribution is -0.137. The van der Waals surface area contributed by atoms with E-state index in [1.54, 1.807) is 12.1 Å². The second-order valence-electron chi connectivity index (χ2n) is 5.75. The van der Waals surface area contributed by atoms with Crippen LogP contribution in [0.2, 0.25) is 10.0 Å². The number of aliphatic carboxylic acids is 1. The highest BCUT2D eigenvalue weighted by Gasteiger charge is 2.29. The summed E-state index contributed by atoms with van der Waals surface area (Å²) in [5, 5.41) is 10.1. The standard InChI is InChI=1S/C18H17Cl2NO3/c19-13-2-1-12(17(20)9-13)11-24-16-5-3-14(4-6-16)21-8-7-15(21)10-18(22)23/h1-6,9,15H,7-8,10-11H2,(H,22,23)/t15-/m0/s1. The highest BCUT2D eigenvalue weighted by atomic mass is 35.5. The molecule has 1 aliphatic rings. The van der Waals surface area contributed by atoms with E-state index in [1.165, 1.54) is 0 Å². The molecule has 1 N–H and O–H groups in total. The molecule has 2 aromatic rings. The van der Waals surface area contributed by atoms with Crippen molar-refractivity contribution in [1.29, 1.82) is 0 Å². The molecule has 0 bridgehead atoms. The predicted octanol–water partition coefficient (Wildman–Crippen LogP) is 4.63. The summed E-state index contributed by atoms with van der Waals surface area (Å²) in [6, 6.07) is 13.1. The Kier molecular flexibility index (Phi) is 5.17. The Morgan fingerprint density at radius 1 is 1.21 bits per heavy atom. The molecule has 6 heteroatoms. The highest BCUT2D eigenvalue weighted by Crippen LogP contribution is 2.30. The number of hydrogen-bond donors (Lipinski definition) is 1. The monoisotopic (exact) mass is 365 g/mol. The molecule has 126 valence electrons. The van der Waals surface area contributed by atoms with Crippen molar-refractivity contribution in [3.63, 3.8) is 0 Å². The second kappa shape index (κ2) is 7.32. The summed E-state index contributed by atoms with van der Waals surface area (Å²) in [4.78, 5) is 12.9. The third-order valence-corrected chi connectivity index (χ3v) is 4.72. The molecule has 4 nitrogen and oxygen atoms in total. The van der Waals surface area contributed by atoms with Crippen LogP contribution in [0.5, 0.6) is 5.75 Å². The molecule has 1 saturated heterocycles. The first-order valence-corrected chi connectivity index (χ1v) is 8.44. The lowest BCUT2D eigenvalue weighted by Gasteiger charge is -2.42. The molecular formula is C18H17Cl2NO3. The topological polar surface area (TPSA) is 49.8 Å². The van der Waals surface area contributed by atoms with Gasteiger partial charge in [0.1, 0.15) is 12.4 Å². The van der Waals surface area contributed by atoms with Crippen LogP contribution in [0.3, 0.4) is 0 Å². The maximum atomic E-state index is 10.8. The summed E-state index contributed by atoms with van der Waals surface area (Å²) in [5.74, 6) is -0.0235. The Labute approximate surface area is 150 Å². The van der Waals surface area contributed by atoms with Crippen molar-refractivity contribution < 1.29 is 14.6 Å². The molecule has 0 radical (unpaired) electrons. The molecule has 0 unspecified atom stereocenters. The van der Waals surface area contributed by atoms with Gasteiger partial charge in [0, 0.05) is 33.9 Å². The second-order valence-corrected chi connectivity index (χ2v) is 6.60. The number of ether oxygens (including phenoxy) is 1. The maximum absolute atomic E-state index is 10.8. The largest absolute Gasteiger partial charge is 0.489 e. The molecule has 1 fully saturated rings. The van der Waals surface area contributed by atoms with E-state index >= 15 is 0 Å². The summed E-state index contributed by atoms with van der Waals surface area (Å²) >= 11 is 12.0. The molecule has 1 aliphatic heterocycles. The molecule has 1 atom stereocenters. The first-order chi connectivity index (χ1) is 11.5. The van der Waals surface area contributed by atoms with Crippen molar-refractivity contribution >= 4 is 34.9 Å². The van der Waals surface area contributed by atoms with E-state index in [-0.39, 0.29) is 12.5 Å². The predicted molar refractivity (Wildman–Crippen MR) is 95.2 cm³/mol. The average molecular weight is 366 g/mol. The summed E-state index contributed by atoms with van der Waals surface area (Å²) in [6.07, 6.45) is 1.09. The molecule has 0 aromatic heterocycles. The van der Waals surface area contributed by atoms with Crippen LogP contribution in [0, 0.1) is 0 Å². The van der Waals surface area contributed by atoms with Crippen LogP contribution in [0.15, 0.2) is 42.5 Å². The molecule has 0 amide bonds. The minimum Gasteiger partial charge on any atom is -0.489 e. The number of rotatable bonds is 6. The number of hydrogen-bond acceptors (Lipinski definition) is 3. The van der Waals surface area contributed by atoms with Gasteiger partial charge < -0.3 is 14.7 Å². The number of carboxylic acids is 1. The molecule has 1 heterocycles. The molecule has 0 spiro atoms. The fourth-order valence-electron chi connectivity index (χ4n) is 2.73. The summed E-state index contributed by atoms with van der Waals surface area (Å²) < 4.78 is 5.75. The Balaban J connectivity index is 1.59. The Morgan fingerprint density at radius 3 is 2.54 bits per heavy atom. The Bertz CT molecular complexity index is 734. The van der Waals surface area contributed by atoms with E-state index in [4.69, 9.17) is 33.0 Å². The molecule has 0 aliphatic carbocycles. The Morgan fingerprint density at radius 2 is 1.96 bits per heavy atom. The van der Waals surface area contributed by atoms with Gasteiger partial charge in [0.2, 0.25) is 0 Å². The fraction of sp³-hybridized carbons (Fsp3) is 0.278. The van der Waals surface area contributed by atoms with Crippen molar-refractivity contribution in [3.8, 4) is 5.75 Å². The van der Waals surface area contributed by atoms with Crippen LogP contribution in [-0.2, 0) is 11.4 Å². The minimum absolute atomic E-state index is 0.0853. The lowest BCUT2D eigenvalue weighted by Crippen LogP contribution is -2.48. The number of nitrogens with zero attached hydrogens (tertiary/aromatic N) is 1. The van der Waals surface area contributed by atoms with E-state index in [0.717, 1.165) is 30.0 Å². The number of anilines is 1. The van der Waals surface area contributed by atoms with Crippen LogP contribution in [0.4, 0.5) is 5.69 Å². The molecule has 2 aromatic carbocycles. The van der Waals surface area contributed by atoms with Crippen molar-refractivity contribution in [3.05, 3.63) is 58.1 Å². The van der Waals surface area contributed by atoms with Gasteiger partial charge in [-0.15, -0.1) is 0 Å². The SMILES string of the molecule is O=C(O)C[C@@H]1CCN1c1ccc(OCc2ccc(Cl)cc2Cl)cc1. The Hall–Kier alpha value is -1.91. The lowest BCUT2D eigenvalue weighted by atomic mass is 9.98. The number of carboxylic acid groups (broad SMARTS) is 1. The third-order valence-electron chi connectivity index (χ3n) is 4.13. The first kappa shape index (κ1) is 16.9. The van der Waals surface area contributed by atoms with Gasteiger partial charge in [0.15, 0.2) is 0 Å². The summed E-state index contributed by atoms with van der Waals surface area (Å²) in [6.45, 7) is 1.25. The third kappa shape index (κ3) is 3.94. The van der Waals surface area contributed by atoms with Gasteiger partial charge in [-0.1, -0.05) is 29.3 Å². The zero-order valence-corrected chi connectivity index (χ0v) is 14.4. The van der Waals surface area contributed by atoms with Crippen LogP contribution in [0.25, 0.3) is 0 Å². The maximum Gasteiger partial charge on any atom is 0.305 e. The van der Waals surface area contributed by atoms with Crippen LogP contribution in [0.1, 0.15) is 18.4 Å². The van der Waals surface area contributed by atoms with Gasteiger partial charge in [-0.05, 0) is 42.8 Å². The summed E-state index contributed by atoms with van der Waals surface area (Å²) in [5.41, 5.74) is 1.89. The van der Waals surface area contributed by atoms with E-state index in [1.807, 2.05) is 30.3 Å². The van der Waals surface area contributed by atoms with Crippen LogP contribution < -0.4 is 9.64 Å². The van der Waals surface area contributed by atoms with Gasteiger partial charge in [-0.3, -0.25) is 4.79 Å². The number of carbonyl (C=O) groups is 1. The van der Waals surface area contributed by atoms with Gasteiger partial charge in [0.25, 0.3) is 0 Å². The van der Waals surface area contributed by atoms with Gasteiger partial charge in [0.05, 0.1) is 6.42 Å². The zero-order valence-electron chi connectivity index (χ0n) is 12.9. The molecule has 3 rings (SSSR count). The van der Waals surface area contributed by atoms with E-state index < -0.39 is 5.97 Å². The highest BCUT2D eigenvalue weighted by molar-refractivity contribution is 6.35. The van der Waals surface area contributed by atoms with Gasteiger partial charge in [-0.2, -0.15) is 0 Å². The van der Waals surface area contributed by atoms with Crippen LogP contribution >= 0.6 is 23.2 Å². The van der Waals surface area contributed by atoms with Crippen molar-refractivity contribution in [2.45, 2.75) is 25.5 Å². The van der Waals surface area contributed by atoms with Crippen molar-refractivity contribution in [2.24, 2.45) is 0 Å². The molecule has 0 saturated carbocycles. The number of halogens is 2. The molecular weight excluding hydrogens is 349 g/mol. The van der Waals surface area contributed by atoms with E-state index in [9.17, 15) is 4.79 Å². The minimum atomic E-state index is -0.760. The quantitative estimate of drug-likeness (QED) is 0.810. The normalized spacial score (nSPS) is 16.6. The van der Waals surface area contributed by atoms with Gasteiger partial charge in [-0.25, -0.2) is 0 Å². The van der Waals surface area contributed by atoms with Crippen molar-refractivity contribution in [2.75, 3.05) is 11.4 Å². The fourth-order valence-corrected chi connectivity index (χ4v) is 3.19. The number of benzene rings is 2. The van der Waals surface area contributed by atoms with Crippen LogP contribution in [-0.4, -0.2) is 23.7 Å². The first-order valence-electron chi connectivity index (χ1n) is 7.68. The van der Waals surface area contributed by atoms with Gasteiger partial charge >= 0.3 is 5.97 Å².